The van der Waals surface area contributed by atoms with Gasteiger partial charge in [0.25, 0.3) is 0 Å². The first kappa shape index (κ1) is 12.5. The Labute approximate surface area is 97.1 Å². The number of halogens is 1. The molecule has 3 nitrogen and oxygen atoms in total. The SMILES string of the molecule is CCN(CC)CCCn1cncc1CCl. The molecule has 4 heteroatoms. The zero-order valence-corrected chi connectivity index (χ0v) is 10.4. The topological polar surface area (TPSA) is 21.1 Å². The third kappa shape index (κ3) is 3.84. The van der Waals surface area contributed by atoms with Crippen LogP contribution >= 0.6 is 11.6 Å². The highest BCUT2D eigenvalue weighted by Gasteiger charge is 2.02. The minimum absolute atomic E-state index is 0.547. The zero-order chi connectivity index (χ0) is 11.1. The van der Waals surface area contributed by atoms with E-state index in [0.29, 0.717) is 5.88 Å². The fourth-order valence-corrected chi connectivity index (χ4v) is 1.89. The van der Waals surface area contributed by atoms with Crippen molar-refractivity contribution >= 4 is 11.6 Å². The fourth-order valence-electron chi connectivity index (χ4n) is 1.67. The van der Waals surface area contributed by atoms with Gasteiger partial charge in [0.2, 0.25) is 0 Å². The predicted molar refractivity (Wildman–Crippen MR) is 64.2 cm³/mol. The minimum Gasteiger partial charge on any atom is -0.333 e. The molecule has 0 radical (unpaired) electrons. The number of nitrogens with zero attached hydrogens (tertiary/aromatic N) is 3. The number of aryl methyl sites for hydroxylation is 1. The van der Waals surface area contributed by atoms with Crippen LogP contribution in [-0.2, 0) is 12.4 Å². The molecule has 0 amide bonds. The van der Waals surface area contributed by atoms with E-state index >= 15 is 0 Å². The summed E-state index contributed by atoms with van der Waals surface area (Å²) in [6.45, 7) is 8.81. The molecule has 0 spiro atoms. The second kappa shape index (κ2) is 6.85. The van der Waals surface area contributed by atoms with Crippen LogP contribution in [-0.4, -0.2) is 34.1 Å². The van der Waals surface area contributed by atoms with Gasteiger partial charge in [-0.25, -0.2) is 4.98 Å². The fraction of sp³-hybridized carbons (Fsp3) is 0.727. The number of hydrogen-bond acceptors (Lipinski definition) is 2. The molecule has 0 saturated heterocycles. The molecule has 0 fully saturated rings. The highest BCUT2D eigenvalue weighted by atomic mass is 35.5. The van der Waals surface area contributed by atoms with Gasteiger partial charge >= 0.3 is 0 Å². The van der Waals surface area contributed by atoms with Crippen LogP contribution in [0.3, 0.4) is 0 Å². The molecule has 1 rings (SSSR count). The van der Waals surface area contributed by atoms with Crippen molar-refractivity contribution in [2.24, 2.45) is 0 Å². The average Bonchev–Trinajstić information content (AvgIpc) is 2.72. The predicted octanol–water partition coefficient (Wildman–Crippen LogP) is 2.35. The Kier molecular flexibility index (Phi) is 5.73. The van der Waals surface area contributed by atoms with Crippen LogP contribution in [0.5, 0.6) is 0 Å². The molecule has 0 aromatic carbocycles. The van der Waals surface area contributed by atoms with E-state index in [0.717, 1.165) is 38.3 Å². The summed E-state index contributed by atoms with van der Waals surface area (Å²) in [5.41, 5.74) is 1.11. The van der Waals surface area contributed by atoms with Crippen LogP contribution in [0.15, 0.2) is 12.5 Å². The summed E-state index contributed by atoms with van der Waals surface area (Å²) in [5.74, 6) is 0.547. The molecule has 1 heterocycles. The van der Waals surface area contributed by atoms with E-state index in [9.17, 15) is 0 Å². The van der Waals surface area contributed by atoms with E-state index in [-0.39, 0.29) is 0 Å². The summed E-state index contributed by atoms with van der Waals surface area (Å²) in [4.78, 5) is 6.52. The monoisotopic (exact) mass is 229 g/mol. The Morgan fingerprint density at radius 2 is 2.13 bits per heavy atom. The second-order valence-corrected chi connectivity index (χ2v) is 3.86. The Morgan fingerprint density at radius 1 is 1.40 bits per heavy atom. The molecule has 1 aromatic rings. The second-order valence-electron chi connectivity index (χ2n) is 3.59. The lowest BCUT2D eigenvalue weighted by atomic mass is 10.3. The molecular formula is C11H20ClN3. The molecule has 0 aliphatic rings. The van der Waals surface area contributed by atoms with Gasteiger partial charge in [0.05, 0.1) is 17.9 Å². The highest BCUT2D eigenvalue weighted by Crippen LogP contribution is 2.04. The maximum absolute atomic E-state index is 5.80. The standard InChI is InChI=1S/C11H20ClN3/c1-3-14(4-2)6-5-7-15-10-13-9-11(15)8-12/h9-10H,3-8H2,1-2H3. The lowest BCUT2D eigenvalue weighted by Gasteiger charge is -2.18. The quantitative estimate of drug-likeness (QED) is 0.670. The van der Waals surface area contributed by atoms with Crippen molar-refractivity contribution < 1.29 is 0 Å². The number of imidazole rings is 1. The first-order valence-corrected chi connectivity index (χ1v) is 6.12. The first-order chi connectivity index (χ1) is 7.31. The van der Waals surface area contributed by atoms with Gasteiger partial charge in [-0.1, -0.05) is 13.8 Å². The maximum Gasteiger partial charge on any atom is 0.0948 e. The Hall–Kier alpha value is -0.540. The Morgan fingerprint density at radius 3 is 2.73 bits per heavy atom. The molecule has 0 bridgehead atoms. The van der Waals surface area contributed by atoms with Crippen molar-refractivity contribution in [1.29, 1.82) is 0 Å². The van der Waals surface area contributed by atoms with E-state index < -0.39 is 0 Å². The van der Waals surface area contributed by atoms with Crippen LogP contribution in [0.1, 0.15) is 26.0 Å². The summed E-state index contributed by atoms with van der Waals surface area (Å²) >= 11 is 5.80. The van der Waals surface area contributed by atoms with E-state index in [1.807, 2.05) is 12.5 Å². The van der Waals surface area contributed by atoms with Crippen molar-refractivity contribution in [3.05, 3.63) is 18.2 Å². The minimum atomic E-state index is 0.547. The summed E-state index contributed by atoms with van der Waals surface area (Å²) in [7, 11) is 0. The lowest BCUT2D eigenvalue weighted by molar-refractivity contribution is 0.293. The van der Waals surface area contributed by atoms with Gasteiger partial charge in [-0.2, -0.15) is 0 Å². The van der Waals surface area contributed by atoms with Crippen molar-refractivity contribution in [3.8, 4) is 0 Å². The first-order valence-electron chi connectivity index (χ1n) is 5.59. The largest absolute Gasteiger partial charge is 0.333 e. The molecule has 0 aliphatic heterocycles. The summed E-state index contributed by atoms with van der Waals surface area (Å²) in [6, 6.07) is 0. The van der Waals surface area contributed by atoms with Crippen molar-refractivity contribution in [1.82, 2.24) is 14.5 Å². The van der Waals surface area contributed by atoms with Crippen molar-refractivity contribution in [2.45, 2.75) is 32.7 Å². The maximum atomic E-state index is 5.80. The van der Waals surface area contributed by atoms with Crippen molar-refractivity contribution in [2.75, 3.05) is 19.6 Å². The van der Waals surface area contributed by atoms with E-state index in [4.69, 9.17) is 11.6 Å². The Bertz CT molecular complexity index is 269. The van der Waals surface area contributed by atoms with E-state index in [2.05, 4.69) is 28.3 Å². The summed E-state index contributed by atoms with van der Waals surface area (Å²) < 4.78 is 2.14. The lowest BCUT2D eigenvalue weighted by Crippen LogP contribution is -2.24. The zero-order valence-electron chi connectivity index (χ0n) is 9.62. The van der Waals surface area contributed by atoms with Gasteiger partial charge in [-0.15, -0.1) is 11.6 Å². The van der Waals surface area contributed by atoms with Crippen LogP contribution in [0.4, 0.5) is 0 Å². The van der Waals surface area contributed by atoms with Gasteiger partial charge in [0, 0.05) is 12.7 Å². The van der Waals surface area contributed by atoms with E-state index in [1.54, 1.807) is 0 Å². The summed E-state index contributed by atoms with van der Waals surface area (Å²) in [5, 5.41) is 0. The smallest absolute Gasteiger partial charge is 0.0948 e. The van der Waals surface area contributed by atoms with E-state index in [1.165, 1.54) is 0 Å². The van der Waals surface area contributed by atoms with Crippen LogP contribution in [0.2, 0.25) is 0 Å². The Balaban J connectivity index is 2.31. The van der Waals surface area contributed by atoms with Gasteiger partial charge < -0.3 is 9.47 Å². The van der Waals surface area contributed by atoms with Gasteiger partial charge in [0.15, 0.2) is 0 Å². The number of rotatable bonds is 7. The van der Waals surface area contributed by atoms with Crippen molar-refractivity contribution in [3.63, 3.8) is 0 Å². The molecule has 1 aromatic heterocycles. The highest BCUT2D eigenvalue weighted by molar-refractivity contribution is 6.16. The average molecular weight is 230 g/mol. The molecule has 0 saturated carbocycles. The number of aromatic nitrogens is 2. The molecular weight excluding hydrogens is 210 g/mol. The molecule has 86 valence electrons. The van der Waals surface area contributed by atoms with Gasteiger partial charge in [0.1, 0.15) is 0 Å². The third-order valence-corrected chi connectivity index (χ3v) is 2.98. The molecule has 0 aliphatic carbocycles. The van der Waals surface area contributed by atoms with Gasteiger partial charge in [-0.05, 0) is 26.1 Å². The third-order valence-electron chi connectivity index (χ3n) is 2.70. The molecule has 0 unspecified atom stereocenters. The van der Waals surface area contributed by atoms with Crippen LogP contribution in [0, 0.1) is 0 Å². The number of hydrogen-bond donors (Lipinski definition) is 0. The summed E-state index contributed by atoms with van der Waals surface area (Å²) in [6.07, 6.45) is 4.85. The van der Waals surface area contributed by atoms with Gasteiger partial charge in [-0.3, -0.25) is 0 Å². The normalized spacial score (nSPS) is 11.2. The molecule has 0 atom stereocenters. The number of alkyl halides is 1. The van der Waals surface area contributed by atoms with Crippen LogP contribution < -0.4 is 0 Å². The molecule has 15 heavy (non-hydrogen) atoms. The van der Waals surface area contributed by atoms with Crippen LogP contribution in [0.25, 0.3) is 0 Å². The molecule has 0 N–H and O–H groups in total.